The molecule has 2 aromatic rings. The van der Waals surface area contributed by atoms with Crippen LogP contribution in [-0.2, 0) is 4.79 Å². The van der Waals surface area contributed by atoms with E-state index in [2.05, 4.69) is 10.2 Å². The van der Waals surface area contributed by atoms with Gasteiger partial charge in [0.15, 0.2) is 0 Å². The number of amides is 1. The summed E-state index contributed by atoms with van der Waals surface area (Å²) in [6, 6.07) is 17.8. The first-order valence-electron chi connectivity index (χ1n) is 7.91. The van der Waals surface area contributed by atoms with E-state index in [9.17, 15) is 4.79 Å². The summed E-state index contributed by atoms with van der Waals surface area (Å²) in [7, 11) is 5.64. The summed E-state index contributed by atoms with van der Waals surface area (Å²) in [6.07, 6.45) is 3.37. The summed E-state index contributed by atoms with van der Waals surface area (Å²) in [6.45, 7) is 0.526. The number of benzene rings is 2. The molecule has 4 nitrogen and oxygen atoms in total. The highest BCUT2D eigenvalue weighted by molar-refractivity contribution is 5.91. The van der Waals surface area contributed by atoms with E-state index in [0.29, 0.717) is 6.54 Å². The molecule has 1 amide bonds. The summed E-state index contributed by atoms with van der Waals surface area (Å²) in [4.78, 5) is 14.1. The van der Waals surface area contributed by atoms with Crippen molar-refractivity contribution in [2.75, 3.05) is 27.7 Å². The zero-order valence-electron chi connectivity index (χ0n) is 14.4. The summed E-state index contributed by atoms with van der Waals surface area (Å²) in [5, 5.41) is 2.96. The van der Waals surface area contributed by atoms with Crippen molar-refractivity contribution in [1.29, 1.82) is 0 Å². The quantitative estimate of drug-likeness (QED) is 0.796. The van der Waals surface area contributed by atoms with Crippen LogP contribution in [0.4, 0.5) is 0 Å². The zero-order valence-corrected chi connectivity index (χ0v) is 14.4. The molecule has 0 saturated carbocycles. The lowest BCUT2D eigenvalue weighted by atomic mass is 10.1. The Bertz CT molecular complexity index is 681. The molecule has 0 radical (unpaired) electrons. The molecule has 1 N–H and O–H groups in total. The third-order valence-corrected chi connectivity index (χ3v) is 3.80. The lowest BCUT2D eigenvalue weighted by Crippen LogP contribution is -2.33. The first-order valence-corrected chi connectivity index (χ1v) is 7.91. The highest BCUT2D eigenvalue weighted by Gasteiger charge is 2.15. The molecule has 4 heteroatoms. The predicted octanol–water partition coefficient (Wildman–Crippen LogP) is 3.13. The molecule has 2 rings (SSSR count). The molecular weight excluding hydrogens is 300 g/mol. The lowest BCUT2D eigenvalue weighted by Gasteiger charge is -2.25. The van der Waals surface area contributed by atoms with Gasteiger partial charge in [-0.1, -0.05) is 42.5 Å². The van der Waals surface area contributed by atoms with Gasteiger partial charge >= 0.3 is 0 Å². The smallest absolute Gasteiger partial charge is 0.244 e. The van der Waals surface area contributed by atoms with E-state index >= 15 is 0 Å². The molecule has 0 aromatic heterocycles. The van der Waals surface area contributed by atoms with Crippen LogP contribution in [0.3, 0.4) is 0 Å². The zero-order chi connectivity index (χ0) is 17.4. The van der Waals surface area contributed by atoms with Gasteiger partial charge in [0.1, 0.15) is 5.75 Å². The van der Waals surface area contributed by atoms with Crippen LogP contribution in [0.5, 0.6) is 5.75 Å². The van der Waals surface area contributed by atoms with E-state index in [1.165, 1.54) is 0 Å². The van der Waals surface area contributed by atoms with Crippen molar-refractivity contribution in [2.45, 2.75) is 6.04 Å². The Balaban J connectivity index is 1.98. The number of hydrogen-bond donors (Lipinski definition) is 1. The van der Waals surface area contributed by atoms with E-state index in [4.69, 9.17) is 4.74 Å². The van der Waals surface area contributed by atoms with Crippen molar-refractivity contribution in [3.63, 3.8) is 0 Å². The van der Waals surface area contributed by atoms with E-state index in [0.717, 1.165) is 16.9 Å². The SMILES string of the molecule is COc1cccc(C(CNC(=O)/C=C/c2ccccc2)N(C)C)c1. The second kappa shape index (κ2) is 8.89. The van der Waals surface area contributed by atoms with Gasteiger partial charge < -0.3 is 15.0 Å². The number of rotatable bonds is 7. The van der Waals surface area contributed by atoms with Gasteiger partial charge in [-0.05, 0) is 43.4 Å². The number of carbonyl (C=O) groups excluding carboxylic acids is 1. The molecule has 0 fully saturated rings. The third kappa shape index (κ3) is 5.25. The van der Waals surface area contributed by atoms with Crippen LogP contribution in [0.2, 0.25) is 0 Å². The van der Waals surface area contributed by atoms with Crippen LogP contribution < -0.4 is 10.1 Å². The van der Waals surface area contributed by atoms with Crippen LogP contribution in [-0.4, -0.2) is 38.6 Å². The summed E-state index contributed by atoms with van der Waals surface area (Å²) in [5.74, 6) is 0.711. The average Bonchev–Trinajstić information content (AvgIpc) is 2.61. The minimum Gasteiger partial charge on any atom is -0.497 e. The molecule has 0 saturated heterocycles. The van der Waals surface area contributed by atoms with Crippen LogP contribution in [0.15, 0.2) is 60.7 Å². The molecule has 1 atom stereocenters. The molecule has 2 aromatic carbocycles. The fraction of sp³-hybridized carbons (Fsp3) is 0.250. The van der Waals surface area contributed by atoms with Crippen LogP contribution in [0.1, 0.15) is 17.2 Å². The van der Waals surface area contributed by atoms with Gasteiger partial charge in [0.2, 0.25) is 5.91 Å². The maximum atomic E-state index is 12.1. The van der Waals surface area contributed by atoms with Crippen molar-refractivity contribution in [3.05, 3.63) is 71.8 Å². The van der Waals surface area contributed by atoms with Crippen molar-refractivity contribution in [3.8, 4) is 5.75 Å². The summed E-state index contributed by atoms with van der Waals surface area (Å²) >= 11 is 0. The second-order valence-electron chi connectivity index (χ2n) is 5.75. The van der Waals surface area contributed by atoms with Gasteiger partial charge in [0.05, 0.1) is 13.2 Å². The number of carbonyl (C=O) groups is 1. The number of likely N-dealkylation sites (N-methyl/N-ethyl adjacent to an activating group) is 1. The van der Waals surface area contributed by atoms with Gasteiger partial charge in [-0.25, -0.2) is 0 Å². The van der Waals surface area contributed by atoms with Crippen molar-refractivity contribution in [1.82, 2.24) is 10.2 Å². The maximum absolute atomic E-state index is 12.1. The van der Waals surface area contributed by atoms with Gasteiger partial charge in [-0.15, -0.1) is 0 Å². The Labute approximate surface area is 143 Å². The molecule has 1 unspecified atom stereocenters. The van der Waals surface area contributed by atoms with Crippen LogP contribution in [0, 0.1) is 0 Å². The van der Waals surface area contributed by atoms with Crippen LogP contribution >= 0.6 is 0 Å². The molecule has 0 aliphatic heterocycles. The third-order valence-electron chi connectivity index (χ3n) is 3.80. The summed E-state index contributed by atoms with van der Waals surface area (Å²) < 4.78 is 5.28. The van der Waals surface area contributed by atoms with Gasteiger partial charge in [-0.3, -0.25) is 4.79 Å². The predicted molar refractivity (Wildman–Crippen MR) is 97.9 cm³/mol. The summed E-state index contributed by atoms with van der Waals surface area (Å²) in [5.41, 5.74) is 2.11. The monoisotopic (exact) mass is 324 g/mol. The van der Waals surface area contributed by atoms with Gasteiger partial charge in [0, 0.05) is 12.6 Å². The minimum atomic E-state index is -0.103. The topological polar surface area (TPSA) is 41.6 Å². The largest absolute Gasteiger partial charge is 0.497 e. The minimum absolute atomic E-state index is 0.0779. The van der Waals surface area contributed by atoms with Gasteiger partial charge in [-0.2, -0.15) is 0 Å². The Morgan fingerprint density at radius 3 is 2.58 bits per heavy atom. The highest BCUT2D eigenvalue weighted by Crippen LogP contribution is 2.22. The fourth-order valence-electron chi connectivity index (χ4n) is 2.44. The molecule has 126 valence electrons. The molecule has 0 aliphatic carbocycles. The molecule has 0 aliphatic rings. The lowest BCUT2D eigenvalue weighted by molar-refractivity contribution is -0.116. The first-order chi connectivity index (χ1) is 11.6. The number of methoxy groups -OCH3 is 1. The average molecular weight is 324 g/mol. The number of nitrogens with one attached hydrogen (secondary N) is 1. The van der Waals surface area contributed by atoms with E-state index < -0.39 is 0 Å². The fourth-order valence-corrected chi connectivity index (χ4v) is 2.44. The molecule has 0 bridgehead atoms. The highest BCUT2D eigenvalue weighted by atomic mass is 16.5. The van der Waals surface area contributed by atoms with Crippen molar-refractivity contribution in [2.24, 2.45) is 0 Å². The number of hydrogen-bond acceptors (Lipinski definition) is 3. The van der Waals surface area contributed by atoms with E-state index in [1.54, 1.807) is 13.2 Å². The Morgan fingerprint density at radius 1 is 1.17 bits per heavy atom. The standard InChI is InChI=1S/C20H24N2O2/c1-22(2)19(17-10-7-11-18(14-17)24-3)15-21-20(23)13-12-16-8-5-4-6-9-16/h4-14,19H,15H2,1-3H3,(H,21,23)/b13-12+. The molecule has 0 heterocycles. The second-order valence-corrected chi connectivity index (χ2v) is 5.75. The Hall–Kier alpha value is -2.59. The maximum Gasteiger partial charge on any atom is 0.244 e. The number of ether oxygens (including phenoxy) is 1. The normalized spacial score (nSPS) is 12.3. The molecule has 0 spiro atoms. The van der Waals surface area contributed by atoms with Crippen LogP contribution in [0.25, 0.3) is 6.08 Å². The number of nitrogens with zero attached hydrogens (tertiary/aromatic N) is 1. The van der Waals surface area contributed by atoms with E-state index in [-0.39, 0.29) is 11.9 Å². The van der Waals surface area contributed by atoms with E-state index in [1.807, 2.05) is 74.8 Å². The first kappa shape index (κ1) is 17.8. The van der Waals surface area contributed by atoms with Crippen molar-refractivity contribution < 1.29 is 9.53 Å². The Kier molecular flexibility index (Phi) is 6.58. The molecular formula is C20H24N2O2. The molecule has 24 heavy (non-hydrogen) atoms. The Morgan fingerprint density at radius 2 is 1.92 bits per heavy atom. The van der Waals surface area contributed by atoms with Crippen molar-refractivity contribution >= 4 is 12.0 Å². The van der Waals surface area contributed by atoms with Gasteiger partial charge in [0.25, 0.3) is 0 Å².